The van der Waals surface area contributed by atoms with Gasteiger partial charge in [-0.3, -0.25) is 10.1 Å². The topological polar surface area (TPSA) is 116 Å². The van der Waals surface area contributed by atoms with E-state index in [1.54, 1.807) is 12.1 Å². The Balaban J connectivity index is 2.23. The maximum Gasteiger partial charge on any atom is 0.268 e. The third-order valence-electron chi connectivity index (χ3n) is 3.42. The molecule has 1 N–H and O–H groups in total. The molecular weight excluding hydrogens is 454 g/mol. The van der Waals surface area contributed by atoms with Gasteiger partial charge in [0, 0.05) is 30.1 Å². The summed E-state index contributed by atoms with van der Waals surface area (Å²) < 4.78 is 28.0. The minimum atomic E-state index is -3.56. The van der Waals surface area contributed by atoms with Gasteiger partial charge in [-0.25, -0.2) is 8.42 Å². The molecule has 0 bridgehead atoms. The Hall–Kier alpha value is -2.29. The van der Waals surface area contributed by atoms with Crippen molar-refractivity contribution in [1.29, 1.82) is 5.26 Å². The SMILES string of the molecule is CCS(=O)(=O)c1nsc(NC(=O)/C(C#N)=C\c2ccc(N(C)C)c(Br)c2)n1. The van der Waals surface area contributed by atoms with E-state index in [0.717, 1.165) is 21.7 Å². The maximum atomic E-state index is 12.3. The molecule has 2 aromatic rings. The lowest BCUT2D eigenvalue weighted by atomic mass is 10.1. The highest BCUT2D eigenvalue weighted by Gasteiger charge is 2.20. The predicted molar refractivity (Wildman–Crippen MR) is 108 cm³/mol. The number of benzene rings is 1. The normalized spacial score (nSPS) is 11.7. The molecule has 0 spiro atoms. The molecule has 0 aliphatic heterocycles. The van der Waals surface area contributed by atoms with Gasteiger partial charge in [-0.15, -0.1) is 0 Å². The van der Waals surface area contributed by atoms with Gasteiger partial charge in [0.1, 0.15) is 11.6 Å². The van der Waals surface area contributed by atoms with Crippen LogP contribution in [0, 0.1) is 11.3 Å². The van der Waals surface area contributed by atoms with Gasteiger partial charge in [-0.05, 0) is 39.7 Å². The highest BCUT2D eigenvalue weighted by atomic mass is 79.9. The monoisotopic (exact) mass is 469 g/mol. The van der Waals surface area contributed by atoms with E-state index in [9.17, 15) is 18.5 Å². The van der Waals surface area contributed by atoms with Gasteiger partial charge in [0.05, 0.1) is 11.4 Å². The van der Waals surface area contributed by atoms with Crippen molar-refractivity contribution in [3.05, 3.63) is 33.8 Å². The highest BCUT2D eigenvalue weighted by Crippen LogP contribution is 2.27. The van der Waals surface area contributed by atoms with Gasteiger partial charge in [-0.1, -0.05) is 13.0 Å². The average molecular weight is 470 g/mol. The van der Waals surface area contributed by atoms with Crippen LogP contribution in [0.2, 0.25) is 0 Å². The molecule has 0 aliphatic rings. The first-order chi connectivity index (χ1) is 12.7. The van der Waals surface area contributed by atoms with Crippen LogP contribution in [0.25, 0.3) is 6.08 Å². The largest absolute Gasteiger partial charge is 0.377 e. The van der Waals surface area contributed by atoms with Crippen molar-refractivity contribution in [3.63, 3.8) is 0 Å². The van der Waals surface area contributed by atoms with Crippen molar-refractivity contribution in [3.8, 4) is 6.07 Å². The minimum absolute atomic E-state index is 0.0114. The fraction of sp³-hybridized carbons (Fsp3) is 0.250. The van der Waals surface area contributed by atoms with Gasteiger partial charge < -0.3 is 4.90 Å². The van der Waals surface area contributed by atoms with Crippen LogP contribution in [-0.4, -0.2) is 43.5 Å². The number of anilines is 2. The second-order valence-electron chi connectivity index (χ2n) is 5.51. The van der Waals surface area contributed by atoms with E-state index >= 15 is 0 Å². The third-order valence-corrected chi connectivity index (χ3v) is 6.30. The molecule has 8 nitrogen and oxygen atoms in total. The van der Waals surface area contributed by atoms with Crippen molar-refractivity contribution in [2.75, 3.05) is 30.1 Å². The van der Waals surface area contributed by atoms with Crippen molar-refractivity contribution >= 4 is 60.1 Å². The molecule has 0 aliphatic carbocycles. The number of aromatic nitrogens is 2. The summed E-state index contributed by atoms with van der Waals surface area (Å²) in [5, 5.41) is 11.4. The van der Waals surface area contributed by atoms with E-state index in [1.807, 2.05) is 31.1 Å². The number of halogens is 1. The number of sulfone groups is 1. The number of carbonyl (C=O) groups is 1. The van der Waals surface area contributed by atoms with E-state index in [4.69, 9.17) is 0 Å². The molecule has 0 atom stereocenters. The summed E-state index contributed by atoms with van der Waals surface area (Å²) in [5.74, 6) is -0.833. The Morgan fingerprint density at radius 1 is 1.44 bits per heavy atom. The molecule has 1 amide bonds. The zero-order valence-electron chi connectivity index (χ0n) is 14.7. The van der Waals surface area contributed by atoms with Gasteiger partial charge >= 0.3 is 0 Å². The molecule has 1 heterocycles. The molecule has 1 aromatic carbocycles. The van der Waals surface area contributed by atoms with E-state index in [1.165, 1.54) is 13.0 Å². The highest BCUT2D eigenvalue weighted by molar-refractivity contribution is 9.10. The Morgan fingerprint density at radius 3 is 2.70 bits per heavy atom. The number of carbonyl (C=O) groups excluding carboxylic acids is 1. The van der Waals surface area contributed by atoms with Gasteiger partial charge in [-0.2, -0.15) is 14.6 Å². The van der Waals surface area contributed by atoms with Crippen molar-refractivity contribution < 1.29 is 13.2 Å². The third kappa shape index (κ3) is 5.12. The van der Waals surface area contributed by atoms with Crippen LogP contribution in [0.15, 0.2) is 33.4 Å². The summed E-state index contributed by atoms with van der Waals surface area (Å²) in [5.41, 5.74) is 1.47. The Labute approximate surface area is 169 Å². The van der Waals surface area contributed by atoms with Crippen molar-refractivity contribution in [2.45, 2.75) is 12.1 Å². The number of nitrogens with one attached hydrogen (secondary N) is 1. The molecule has 1 aromatic heterocycles. The fourth-order valence-electron chi connectivity index (χ4n) is 1.97. The van der Waals surface area contributed by atoms with E-state index in [-0.39, 0.29) is 21.6 Å². The average Bonchev–Trinajstić information content (AvgIpc) is 3.08. The lowest BCUT2D eigenvalue weighted by molar-refractivity contribution is -0.112. The summed E-state index contributed by atoms with van der Waals surface area (Å²) in [7, 11) is 0.248. The lowest BCUT2D eigenvalue weighted by Crippen LogP contribution is -2.14. The Bertz CT molecular complexity index is 1040. The summed E-state index contributed by atoms with van der Waals surface area (Å²) in [6, 6.07) is 7.26. The van der Waals surface area contributed by atoms with Gasteiger partial charge in [0.2, 0.25) is 15.0 Å². The van der Waals surface area contributed by atoms with Crippen molar-refractivity contribution in [2.24, 2.45) is 0 Å². The Morgan fingerprint density at radius 2 is 2.15 bits per heavy atom. The van der Waals surface area contributed by atoms with Crippen LogP contribution in [0.5, 0.6) is 0 Å². The van der Waals surface area contributed by atoms with E-state index in [2.05, 4.69) is 30.6 Å². The van der Waals surface area contributed by atoms with Crippen LogP contribution >= 0.6 is 27.5 Å². The van der Waals surface area contributed by atoms with Crippen LogP contribution < -0.4 is 10.2 Å². The first kappa shape index (κ1) is 21.0. The molecule has 0 saturated heterocycles. The maximum absolute atomic E-state index is 12.3. The molecule has 11 heteroatoms. The molecule has 27 heavy (non-hydrogen) atoms. The summed E-state index contributed by atoms with van der Waals surface area (Å²) in [6.45, 7) is 1.48. The standard InChI is InChI=1S/C16H16BrN5O3S2/c1-4-27(24,25)16-20-15(26-21-16)19-14(23)11(9-18)7-10-5-6-13(22(2)3)12(17)8-10/h5-8H,4H2,1-3H3,(H,19,20,21,23)/b11-7-. The van der Waals surface area contributed by atoms with Crippen LogP contribution in [0.4, 0.5) is 10.8 Å². The molecule has 0 radical (unpaired) electrons. The first-order valence-electron chi connectivity index (χ1n) is 7.64. The minimum Gasteiger partial charge on any atom is -0.377 e. The molecule has 0 unspecified atom stereocenters. The predicted octanol–water partition coefficient (Wildman–Crippen LogP) is 2.71. The number of nitrogens with zero attached hydrogens (tertiary/aromatic N) is 4. The number of amides is 1. The van der Waals surface area contributed by atoms with Crippen LogP contribution in [-0.2, 0) is 14.6 Å². The molecule has 142 valence electrons. The van der Waals surface area contributed by atoms with E-state index in [0.29, 0.717) is 5.56 Å². The zero-order valence-corrected chi connectivity index (χ0v) is 17.9. The Kier molecular flexibility index (Phi) is 6.69. The molecule has 2 rings (SSSR count). The second kappa shape index (κ2) is 8.60. The molecular formula is C16H16BrN5O3S2. The first-order valence-corrected chi connectivity index (χ1v) is 10.9. The number of nitriles is 1. The summed E-state index contributed by atoms with van der Waals surface area (Å²) in [4.78, 5) is 18.0. The van der Waals surface area contributed by atoms with Crippen LogP contribution in [0.1, 0.15) is 12.5 Å². The quantitative estimate of drug-likeness (QED) is 0.510. The van der Waals surface area contributed by atoms with Crippen molar-refractivity contribution in [1.82, 2.24) is 9.36 Å². The second-order valence-corrected chi connectivity index (χ2v) is 9.29. The fourth-order valence-corrected chi connectivity index (χ4v) is 4.31. The number of hydrogen-bond acceptors (Lipinski definition) is 8. The lowest BCUT2D eigenvalue weighted by Gasteiger charge is -2.14. The molecule has 0 saturated carbocycles. The smallest absolute Gasteiger partial charge is 0.268 e. The summed E-state index contributed by atoms with van der Waals surface area (Å²) >= 11 is 4.19. The van der Waals surface area contributed by atoms with Gasteiger partial charge in [0.15, 0.2) is 0 Å². The number of hydrogen-bond donors (Lipinski definition) is 1. The summed E-state index contributed by atoms with van der Waals surface area (Å²) in [6.07, 6.45) is 1.43. The van der Waals surface area contributed by atoms with Gasteiger partial charge in [0.25, 0.3) is 11.1 Å². The number of rotatable bonds is 6. The van der Waals surface area contributed by atoms with Crippen LogP contribution in [0.3, 0.4) is 0 Å². The molecule has 0 fully saturated rings. The van der Waals surface area contributed by atoms with E-state index < -0.39 is 15.7 Å². The zero-order chi connectivity index (χ0) is 20.2.